The molecule has 1 aromatic heterocycles. The topological polar surface area (TPSA) is 73.3 Å². The lowest BCUT2D eigenvalue weighted by Gasteiger charge is -2.08. The summed E-state index contributed by atoms with van der Waals surface area (Å²) in [6.45, 7) is -0.265. The normalized spacial score (nSPS) is 10.2. The van der Waals surface area contributed by atoms with E-state index in [0.717, 1.165) is 0 Å². The summed E-state index contributed by atoms with van der Waals surface area (Å²) in [7, 11) is 0. The fourth-order valence-corrected chi connectivity index (χ4v) is 1.94. The van der Waals surface area contributed by atoms with E-state index in [1.165, 1.54) is 54.9 Å². The number of hydrogen-bond acceptors (Lipinski definition) is 5. The van der Waals surface area contributed by atoms with E-state index >= 15 is 0 Å². The Morgan fingerprint density at radius 1 is 1.00 bits per heavy atom. The molecule has 1 amide bonds. The molecule has 8 heteroatoms. The van der Waals surface area contributed by atoms with Gasteiger partial charge in [-0.3, -0.25) is 4.79 Å². The van der Waals surface area contributed by atoms with E-state index in [0.29, 0.717) is 11.4 Å². The summed E-state index contributed by atoms with van der Waals surface area (Å²) in [6, 6.07) is 11.1. The van der Waals surface area contributed by atoms with Crippen LogP contribution in [0.1, 0.15) is 0 Å². The molecule has 0 aliphatic carbocycles. The van der Waals surface area contributed by atoms with Crippen LogP contribution in [0.25, 0.3) is 0 Å². The average Bonchev–Trinajstić information content (AvgIpc) is 2.65. The van der Waals surface area contributed by atoms with Crippen LogP contribution in [-0.2, 0) is 4.79 Å². The summed E-state index contributed by atoms with van der Waals surface area (Å²) < 4.78 is 36.7. The van der Waals surface area contributed by atoms with Crippen LogP contribution in [0.2, 0.25) is 0 Å². The summed E-state index contributed by atoms with van der Waals surface area (Å²) in [5.41, 5.74) is 0.318. The minimum atomic E-state index is -0.536. The first-order valence-corrected chi connectivity index (χ1v) is 7.53. The molecule has 0 radical (unpaired) electrons. The van der Waals surface area contributed by atoms with E-state index in [9.17, 15) is 13.6 Å². The summed E-state index contributed by atoms with van der Waals surface area (Å²) in [5.74, 6) is -1.01. The highest BCUT2D eigenvalue weighted by atomic mass is 19.1. The maximum Gasteiger partial charge on any atom is 0.322 e. The second-order valence-electron chi connectivity index (χ2n) is 5.08. The molecule has 0 saturated heterocycles. The van der Waals surface area contributed by atoms with Gasteiger partial charge in [-0.1, -0.05) is 12.1 Å². The molecule has 0 spiro atoms. The van der Waals surface area contributed by atoms with E-state index in [1.807, 2.05) is 0 Å². The SMILES string of the molecule is O=C(COc1ccc(F)cc1)Nc1cnc(Oc2ccccc2F)nc1. The molecule has 0 unspecified atom stereocenters. The van der Waals surface area contributed by atoms with E-state index in [-0.39, 0.29) is 18.4 Å². The zero-order chi connectivity index (χ0) is 18.4. The number of amides is 1. The van der Waals surface area contributed by atoms with Crippen molar-refractivity contribution in [2.45, 2.75) is 0 Å². The molecule has 1 heterocycles. The Kier molecular flexibility index (Phi) is 5.33. The molecule has 3 aromatic rings. The highest BCUT2D eigenvalue weighted by molar-refractivity contribution is 5.91. The zero-order valence-electron chi connectivity index (χ0n) is 13.4. The number of benzene rings is 2. The number of hydrogen-bond donors (Lipinski definition) is 1. The van der Waals surface area contributed by atoms with Gasteiger partial charge in [-0.05, 0) is 36.4 Å². The Labute approximate surface area is 147 Å². The number of anilines is 1. The Balaban J connectivity index is 1.52. The molecule has 0 atom stereocenters. The summed E-state index contributed by atoms with van der Waals surface area (Å²) in [5, 5.41) is 2.53. The standard InChI is InChI=1S/C18H13F2N3O3/c19-12-5-7-14(8-6-12)25-11-17(24)23-13-9-21-18(22-10-13)26-16-4-2-1-3-15(16)20/h1-10H,11H2,(H,23,24). The van der Waals surface area contributed by atoms with Crippen molar-refractivity contribution in [1.82, 2.24) is 9.97 Å². The average molecular weight is 357 g/mol. The number of carbonyl (C=O) groups excluding carboxylic acids is 1. The molecule has 0 fully saturated rings. The van der Waals surface area contributed by atoms with Crippen LogP contribution in [0.5, 0.6) is 17.5 Å². The number of carbonyl (C=O) groups is 1. The second-order valence-corrected chi connectivity index (χ2v) is 5.08. The first-order chi connectivity index (χ1) is 12.6. The van der Waals surface area contributed by atoms with Crippen molar-refractivity contribution >= 4 is 11.6 Å². The monoisotopic (exact) mass is 357 g/mol. The lowest BCUT2D eigenvalue weighted by molar-refractivity contribution is -0.118. The van der Waals surface area contributed by atoms with Crippen molar-refractivity contribution in [2.24, 2.45) is 0 Å². The quantitative estimate of drug-likeness (QED) is 0.730. The van der Waals surface area contributed by atoms with Crippen LogP contribution in [0.15, 0.2) is 60.9 Å². The van der Waals surface area contributed by atoms with Crippen LogP contribution in [-0.4, -0.2) is 22.5 Å². The van der Waals surface area contributed by atoms with Crippen molar-refractivity contribution in [3.8, 4) is 17.5 Å². The minimum Gasteiger partial charge on any atom is -0.484 e. The van der Waals surface area contributed by atoms with Crippen LogP contribution in [0.3, 0.4) is 0 Å². The molecule has 0 aliphatic heterocycles. The minimum absolute atomic E-state index is 0.00279. The van der Waals surface area contributed by atoms with Gasteiger partial charge in [0, 0.05) is 0 Å². The largest absolute Gasteiger partial charge is 0.484 e. The van der Waals surface area contributed by atoms with Gasteiger partial charge in [-0.2, -0.15) is 0 Å². The Bertz CT molecular complexity index is 887. The number of para-hydroxylation sites is 1. The van der Waals surface area contributed by atoms with Gasteiger partial charge in [0.25, 0.3) is 5.91 Å². The third kappa shape index (κ3) is 4.73. The van der Waals surface area contributed by atoms with E-state index < -0.39 is 17.5 Å². The molecule has 132 valence electrons. The number of rotatable bonds is 6. The third-order valence-electron chi connectivity index (χ3n) is 3.13. The molecular weight excluding hydrogens is 344 g/mol. The highest BCUT2D eigenvalue weighted by Gasteiger charge is 2.08. The predicted molar refractivity (Wildman–Crippen MR) is 89.0 cm³/mol. The van der Waals surface area contributed by atoms with Gasteiger partial charge < -0.3 is 14.8 Å². The van der Waals surface area contributed by atoms with Crippen molar-refractivity contribution < 1.29 is 23.0 Å². The Morgan fingerprint density at radius 3 is 2.38 bits per heavy atom. The summed E-state index contributed by atoms with van der Waals surface area (Å²) >= 11 is 0. The number of nitrogens with zero attached hydrogens (tertiary/aromatic N) is 2. The fraction of sp³-hybridized carbons (Fsp3) is 0.0556. The Morgan fingerprint density at radius 2 is 1.69 bits per heavy atom. The third-order valence-corrected chi connectivity index (χ3v) is 3.13. The van der Waals surface area contributed by atoms with Crippen LogP contribution < -0.4 is 14.8 Å². The van der Waals surface area contributed by atoms with Gasteiger partial charge >= 0.3 is 6.01 Å². The van der Waals surface area contributed by atoms with E-state index in [4.69, 9.17) is 9.47 Å². The lowest BCUT2D eigenvalue weighted by atomic mass is 10.3. The molecule has 26 heavy (non-hydrogen) atoms. The van der Waals surface area contributed by atoms with E-state index in [2.05, 4.69) is 15.3 Å². The van der Waals surface area contributed by atoms with Gasteiger partial charge in [0.1, 0.15) is 11.6 Å². The summed E-state index contributed by atoms with van der Waals surface area (Å²) in [6.07, 6.45) is 2.64. The molecule has 0 aliphatic rings. The molecule has 3 rings (SSSR count). The van der Waals surface area contributed by atoms with Gasteiger partial charge in [0.15, 0.2) is 18.2 Å². The van der Waals surface area contributed by atoms with Crippen molar-refractivity contribution in [2.75, 3.05) is 11.9 Å². The van der Waals surface area contributed by atoms with Crippen LogP contribution >= 0.6 is 0 Å². The summed E-state index contributed by atoms with van der Waals surface area (Å²) in [4.78, 5) is 19.6. The first-order valence-electron chi connectivity index (χ1n) is 7.53. The zero-order valence-corrected chi connectivity index (χ0v) is 13.4. The van der Waals surface area contributed by atoms with Crippen molar-refractivity contribution in [3.05, 3.63) is 72.6 Å². The molecule has 0 bridgehead atoms. The van der Waals surface area contributed by atoms with Gasteiger partial charge in [0.05, 0.1) is 18.1 Å². The highest BCUT2D eigenvalue weighted by Crippen LogP contribution is 2.21. The van der Waals surface area contributed by atoms with Crippen molar-refractivity contribution in [3.63, 3.8) is 0 Å². The number of nitrogens with one attached hydrogen (secondary N) is 1. The van der Waals surface area contributed by atoms with Gasteiger partial charge in [-0.15, -0.1) is 0 Å². The number of aromatic nitrogens is 2. The molecule has 2 aromatic carbocycles. The van der Waals surface area contributed by atoms with Crippen molar-refractivity contribution in [1.29, 1.82) is 0 Å². The second kappa shape index (κ2) is 8.02. The van der Waals surface area contributed by atoms with Crippen LogP contribution in [0.4, 0.5) is 14.5 Å². The molecule has 0 saturated carbocycles. The number of halogens is 2. The maximum absolute atomic E-state index is 13.5. The first kappa shape index (κ1) is 17.3. The lowest BCUT2D eigenvalue weighted by Crippen LogP contribution is -2.20. The fourth-order valence-electron chi connectivity index (χ4n) is 1.94. The predicted octanol–water partition coefficient (Wildman–Crippen LogP) is 3.56. The van der Waals surface area contributed by atoms with Crippen LogP contribution in [0, 0.1) is 11.6 Å². The van der Waals surface area contributed by atoms with E-state index in [1.54, 1.807) is 6.07 Å². The molecule has 1 N–H and O–H groups in total. The molecule has 6 nitrogen and oxygen atoms in total. The maximum atomic E-state index is 13.5. The smallest absolute Gasteiger partial charge is 0.322 e. The van der Waals surface area contributed by atoms with Gasteiger partial charge in [0.2, 0.25) is 0 Å². The Hall–Kier alpha value is -3.55. The van der Waals surface area contributed by atoms with Gasteiger partial charge in [-0.25, -0.2) is 18.7 Å². The number of ether oxygens (including phenoxy) is 2. The molecular formula is C18H13F2N3O3.